The molecule has 0 saturated carbocycles. The van der Waals surface area contributed by atoms with E-state index in [4.69, 9.17) is 11.6 Å². The zero-order chi connectivity index (χ0) is 16.4. The number of rotatable bonds is 5. The fourth-order valence-electron chi connectivity index (χ4n) is 1.77. The van der Waals surface area contributed by atoms with Crippen LogP contribution >= 0.6 is 11.6 Å². The quantitative estimate of drug-likeness (QED) is 0.515. The smallest absolute Gasteiger partial charge is 0.293 e. The molecule has 1 fully saturated rings. The van der Waals surface area contributed by atoms with Crippen molar-refractivity contribution in [1.82, 2.24) is 10.6 Å². The lowest BCUT2D eigenvalue weighted by atomic mass is 9.89. The number of hydrogen-bond acceptors (Lipinski definition) is 5. The van der Waals surface area contributed by atoms with Gasteiger partial charge < -0.3 is 20.5 Å². The van der Waals surface area contributed by atoms with Crippen LogP contribution in [0.2, 0.25) is 0 Å². The van der Waals surface area contributed by atoms with Crippen LogP contribution in [0.5, 0.6) is 0 Å². The van der Waals surface area contributed by atoms with Crippen molar-refractivity contribution in [2.75, 3.05) is 25.5 Å². The normalized spacial score (nSPS) is 17.2. The van der Waals surface area contributed by atoms with E-state index in [2.05, 4.69) is 15.4 Å². The van der Waals surface area contributed by atoms with Crippen LogP contribution < -0.4 is 10.6 Å². The number of carbonyl (C=O) groups is 2. The van der Waals surface area contributed by atoms with E-state index >= 15 is 0 Å². The molecule has 0 radical (unpaired) electrons. The summed E-state index contributed by atoms with van der Waals surface area (Å²) in [5.74, 6) is -0.191. The highest BCUT2D eigenvalue weighted by molar-refractivity contribution is 6.27. The van der Waals surface area contributed by atoms with Gasteiger partial charge >= 0.3 is 0 Å². The molecule has 0 aromatic rings. The molecule has 0 aromatic carbocycles. The number of ether oxygens (including phenoxy) is 1. The first-order valence-electron chi connectivity index (χ1n) is 7.10. The number of alkyl halides is 1. The Labute approximate surface area is 131 Å². The highest BCUT2D eigenvalue weighted by atomic mass is 35.5. The van der Waals surface area contributed by atoms with Gasteiger partial charge in [-0.25, -0.2) is 0 Å². The molecule has 1 aliphatic heterocycles. The van der Waals surface area contributed by atoms with E-state index in [-0.39, 0.29) is 17.4 Å². The second-order valence-corrected chi connectivity index (χ2v) is 6.30. The monoisotopic (exact) mass is 322 g/mol. The summed E-state index contributed by atoms with van der Waals surface area (Å²) >= 11 is 5.32. The first-order chi connectivity index (χ1) is 9.72. The van der Waals surface area contributed by atoms with Crippen molar-refractivity contribution in [3.63, 3.8) is 0 Å². The summed E-state index contributed by atoms with van der Waals surface area (Å²) in [6.07, 6.45) is 2.12. The topological polar surface area (TPSA) is 87.7 Å². The molecular weight excluding hydrogens is 296 g/mol. The number of amides is 1. The van der Waals surface area contributed by atoms with Gasteiger partial charge in [0.25, 0.3) is 6.47 Å². The van der Waals surface area contributed by atoms with Crippen molar-refractivity contribution < 1.29 is 19.4 Å². The van der Waals surface area contributed by atoms with Gasteiger partial charge in [0.15, 0.2) is 0 Å². The highest BCUT2D eigenvalue weighted by Crippen LogP contribution is 2.21. The van der Waals surface area contributed by atoms with Crippen molar-refractivity contribution >= 4 is 24.0 Å². The van der Waals surface area contributed by atoms with Gasteiger partial charge in [-0.2, -0.15) is 0 Å². The van der Waals surface area contributed by atoms with Crippen LogP contribution in [0, 0.1) is 0 Å². The van der Waals surface area contributed by atoms with Gasteiger partial charge in [-0.3, -0.25) is 9.59 Å². The Morgan fingerprint density at radius 2 is 2.00 bits per heavy atom. The summed E-state index contributed by atoms with van der Waals surface area (Å²) in [4.78, 5) is 20.4. The van der Waals surface area contributed by atoms with E-state index in [0.29, 0.717) is 19.4 Å². The van der Waals surface area contributed by atoms with Gasteiger partial charge in [0.2, 0.25) is 5.91 Å². The maximum atomic E-state index is 10.8. The number of nitrogens with one attached hydrogen (secondary N) is 2. The fourth-order valence-corrected chi connectivity index (χ4v) is 1.86. The lowest BCUT2D eigenvalue weighted by molar-refractivity contribution is -0.138. The van der Waals surface area contributed by atoms with Crippen LogP contribution in [0.15, 0.2) is 0 Å². The predicted octanol–water partition coefficient (Wildman–Crippen LogP) is 0.804. The predicted molar refractivity (Wildman–Crippen MR) is 82.3 cm³/mol. The molecule has 1 aliphatic rings. The Hall–Kier alpha value is -0.850. The second kappa shape index (κ2) is 9.97. The summed E-state index contributed by atoms with van der Waals surface area (Å²) in [6.45, 7) is 8.12. The molecule has 0 unspecified atom stereocenters. The average molecular weight is 323 g/mol. The van der Waals surface area contributed by atoms with Gasteiger partial charge in [-0.15, -0.1) is 11.6 Å². The first kappa shape index (κ1) is 20.1. The molecule has 1 amide bonds. The molecule has 1 rings (SSSR count). The number of aliphatic hydroxyl groups is 1. The zero-order valence-electron chi connectivity index (χ0n) is 13.1. The number of carbonyl (C=O) groups excluding carboxylic acids is 2. The third kappa shape index (κ3) is 11.5. The molecule has 0 bridgehead atoms. The molecule has 3 N–H and O–H groups in total. The van der Waals surface area contributed by atoms with Crippen molar-refractivity contribution in [2.45, 2.75) is 51.2 Å². The molecule has 6 nitrogen and oxygen atoms in total. The molecule has 124 valence electrons. The molecule has 1 heterocycles. The van der Waals surface area contributed by atoms with Crippen LogP contribution in [0.4, 0.5) is 0 Å². The zero-order valence-corrected chi connectivity index (χ0v) is 13.8. The van der Waals surface area contributed by atoms with E-state index in [1.54, 1.807) is 0 Å². The maximum absolute atomic E-state index is 10.8. The fraction of sp³-hybridized carbons (Fsp3) is 0.857. The van der Waals surface area contributed by atoms with Gasteiger partial charge in [-0.1, -0.05) is 0 Å². The molecule has 0 aliphatic carbocycles. The summed E-state index contributed by atoms with van der Waals surface area (Å²) in [5, 5.41) is 15.9. The van der Waals surface area contributed by atoms with Crippen molar-refractivity contribution in [3.05, 3.63) is 0 Å². The summed E-state index contributed by atoms with van der Waals surface area (Å²) < 4.78 is 4.55. The average Bonchev–Trinajstić information content (AvgIpc) is 2.38. The van der Waals surface area contributed by atoms with E-state index in [9.17, 15) is 14.7 Å². The summed E-state index contributed by atoms with van der Waals surface area (Å²) in [7, 11) is 0. The van der Waals surface area contributed by atoms with Crippen LogP contribution in [-0.2, 0) is 14.3 Å². The van der Waals surface area contributed by atoms with Crippen molar-refractivity contribution in [2.24, 2.45) is 0 Å². The minimum Gasteiger partial charge on any atom is -0.462 e. The molecule has 0 spiro atoms. The number of hydrogen-bond donors (Lipinski definition) is 3. The minimum atomic E-state index is -0.606. The van der Waals surface area contributed by atoms with Crippen molar-refractivity contribution in [3.8, 4) is 0 Å². The van der Waals surface area contributed by atoms with E-state index < -0.39 is 5.60 Å². The maximum Gasteiger partial charge on any atom is 0.293 e. The largest absolute Gasteiger partial charge is 0.462 e. The summed E-state index contributed by atoms with van der Waals surface area (Å²) in [6, 6.07) is 0. The van der Waals surface area contributed by atoms with Crippen LogP contribution in [0.1, 0.15) is 40.0 Å². The molecular formula is C14H27ClN2O4. The van der Waals surface area contributed by atoms with Crippen molar-refractivity contribution in [1.29, 1.82) is 0 Å². The SMILES string of the molecule is CC(C)(C)OC=O.O=C(CCl)NCCC1(O)CCNCC1. The van der Waals surface area contributed by atoms with Crippen LogP contribution in [0.25, 0.3) is 0 Å². The number of halogens is 1. The Bertz CT molecular complexity index is 313. The van der Waals surface area contributed by atoms with Crippen LogP contribution in [0.3, 0.4) is 0 Å². The first-order valence-corrected chi connectivity index (χ1v) is 7.63. The molecule has 0 atom stereocenters. The lowest BCUT2D eigenvalue weighted by Crippen LogP contribution is -2.44. The third-order valence-corrected chi connectivity index (χ3v) is 3.21. The minimum absolute atomic E-state index is 0.0139. The molecule has 21 heavy (non-hydrogen) atoms. The molecule has 1 saturated heterocycles. The number of piperidine rings is 1. The molecule has 0 aromatic heterocycles. The Morgan fingerprint density at radius 3 is 2.38 bits per heavy atom. The lowest BCUT2D eigenvalue weighted by Gasteiger charge is -2.32. The van der Waals surface area contributed by atoms with E-state index in [0.717, 1.165) is 25.9 Å². The second-order valence-electron chi connectivity index (χ2n) is 6.03. The third-order valence-electron chi connectivity index (χ3n) is 2.97. The summed E-state index contributed by atoms with van der Waals surface area (Å²) in [5.41, 5.74) is -0.924. The van der Waals surface area contributed by atoms with Gasteiger partial charge in [0.05, 0.1) is 5.60 Å². The van der Waals surface area contributed by atoms with Gasteiger partial charge in [0, 0.05) is 6.54 Å². The van der Waals surface area contributed by atoms with Crippen LogP contribution in [-0.4, -0.2) is 54.2 Å². The highest BCUT2D eigenvalue weighted by Gasteiger charge is 2.28. The van der Waals surface area contributed by atoms with E-state index in [1.165, 1.54) is 0 Å². The Kier molecular flexibility index (Phi) is 9.57. The molecule has 7 heteroatoms. The van der Waals surface area contributed by atoms with Gasteiger partial charge in [-0.05, 0) is 53.1 Å². The van der Waals surface area contributed by atoms with E-state index in [1.807, 2.05) is 20.8 Å². The standard InChI is InChI=1S/C9H17ClN2O2.C5H10O2/c10-7-8(13)12-6-3-9(14)1-4-11-5-2-9;1-5(2,3)7-4-6/h11,14H,1-7H2,(H,12,13);4H,1-3H3. The Balaban J connectivity index is 0.000000486. The Morgan fingerprint density at radius 1 is 1.43 bits per heavy atom. The van der Waals surface area contributed by atoms with Gasteiger partial charge in [0.1, 0.15) is 11.5 Å².